The van der Waals surface area contributed by atoms with Crippen molar-refractivity contribution in [3.8, 4) is 39.8 Å². The van der Waals surface area contributed by atoms with Gasteiger partial charge in [0.25, 0.3) is 6.71 Å². The molecule has 2 unspecified atom stereocenters. The first kappa shape index (κ1) is 27.5. The van der Waals surface area contributed by atoms with E-state index in [9.17, 15) is 0 Å². The maximum Gasteiger partial charge on any atom is 0.270 e. The second-order valence-corrected chi connectivity index (χ2v) is 12.8. The summed E-state index contributed by atoms with van der Waals surface area (Å²) in [7, 11) is 2.14. The van der Waals surface area contributed by atoms with Gasteiger partial charge in [-0.05, 0) is 41.1 Å². The predicted molar refractivity (Wildman–Crippen MR) is 180 cm³/mol. The Balaban J connectivity index is 1.39. The number of nitrogens with zero attached hydrogens (tertiary/aromatic N) is 4. The van der Waals surface area contributed by atoms with Crippen molar-refractivity contribution in [3.05, 3.63) is 138 Å². The van der Waals surface area contributed by atoms with Crippen LogP contribution in [0.4, 0.5) is 0 Å². The normalized spacial score (nSPS) is 17.6. The van der Waals surface area contributed by atoms with E-state index in [1.54, 1.807) is 0 Å². The van der Waals surface area contributed by atoms with Crippen molar-refractivity contribution in [2.45, 2.75) is 38.1 Å². The highest BCUT2D eigenvalue weighted by molar-refractivity contribution is 6.86. The summed E-state index contributed by atoms with van der Waals surface area (Å²) >= 11 is 0. The first-order chi connectivity index (χ1) is 21.9. The second-order valence-electron chi connectivity index (χ2n) is 12.8. The summed E-state index contributed by atoms with van der Waals surface area (Å²) in [4.78, 5) is 15.5. The monoisotopic (exact) mass is 585 g/mol. The van der Waals surface area contributed by atoms with E-state index in [-0.39, 0.29) is 24.0 Å². The van der Waals surface area contributed by atoms with E-state index < -0.39 is 0 Å². The van der Waals surface area contributed by atoms with Crippen LogP contribution in [0.15, 0.2) is 121 Å². The zero-order valence-corrected chi connectivity index (χ0v) is 26.0. The average molecular weight is 586 g/mol. The van der Waals surface area contributed by atoms with Crippen molar-refractivity contribution in [1.29, 1.82) is 0 Å². The first-order valence-electron chi connectivity index (χ1n) is 15.6. The van der Waals surface area contributed by atoms with Gasteiger partial charge in [-0.2, -0.15) is 0 Å². The lowest BCUT2D eigenvalue weighted by molar-refractivity contribution is -0.660. The fraction of sp³-hybridized carbons (Fsp3) is 0.179. The van der Waals surface area contributed by atoms with Gasteiger partial charge in [0.05, 0.1) is 11.3 Å². The molecule has 1 aliphatic heterocycles. The summed E-state index contributed by atoms with van der Waals surface area (Å²) < 4.78 is 9.32. The van der Waals surface area contributed by atoms with E-state index >= 15 is 0 Å². The number of hydrogen-bond donors (Lipinski definition) is 0. The number of aryl methyl sites for hydroxylation is 2. The molecule has 6 aromatic rings. The Hall–Kier alpha value is -5.10. The van der Waals surface area contributed by atoms with Crippen molar-refractivity contribution in [3.63, 3.8) is 0 Å². The Labute approximate surface area is 264 Å². The van der Waals surface area contributed by atoms with Gasteiger partial charge in [-0.1, -0.05) is 111 Å². The van der Waals surface area contributed by atoms with Crippen molar-refractivity contribution in [2.75, 3.05) is 0 Å². The Kier molecular flexibility index (Phi) is 6.42. The third kappa shape index (κ3) is 4.39. The van der Waals surface area contributed by atoms with E-state index in [0.717, 1.165) is 28.1 Å². The van der Waals surface area contributed by atoms with Crippen LogP contribution in [0.3, 0.4) is 0 Å². The minimum absolute atomic E-state index is 0.0437. The molecule has 0 spiro atoms. The summed E-state index contributed by atoms with van der Waals surface area (Å²) in [6, 6.07) is 39.8. The summed E-state index contributed by atoms with van der Waals surface area (Å²) in [6.07, 6.45) is 2.01. The van der Waals surface area contributed by atoms with E-state index in [1.165, 1.54) is 27.9 Å². The lowest BCUT2D eigenvalue weighted by atomic mass is 9.31. The topological polar surface area (TPSA) is 51.8 Å². The molecule has 0 radical (unpaired) electrons. The molecule has 0 N–H and O–H groups in total. The summed E-state index contributed by atoms with van der Waals surface area (Å²) in [5.41, 5.74) is 9.83. The van der Waals surface area contributed by atoms with Crippen LogP contribution in [0.25, 0.3) is 34.0 Å². The van der Waals surface area contributed by atoms with Gasteiger partial charge in [0, 0.05) is 28.6 Å². The molecular formula is C39H34BN4O+. The van der Waals surface area contributed by atoms with Gasteiger partial charge in [0.15, 0.2) is 17.8 Å². The maximum absolute atomic E-state index is 7.07. The lowest BCUT2D eigenvalue weighted by Gasteiger charge is -2.39. The molecule has 2 atom stereocenters. The van der Waals surface area contributed by atoms with Gasteiger partial charge in [0.1, 0.15) is 18.9 Å². The number of hydrogen-bond acceptors (Lipinski definition) is 4. The number of aromatic nitrogens is 4. The van der Waals surface area contributed by atoms with Crippen LogP contribution in [-0.2, 0) is 12.5 Å². The maximum atomic E-state index is 7.07. The fourth-order valence-electron chi connectivity index (χ4n) is 7.59. The molecule has 0 saturated carbocycles. The molecule has 4 aromatic carbocycles. The quantitative estimate of drug-likeness (QED) is 0.177. The van der Waals surface area contributed by atoms with Crippen LogP contribution in [0.5, 0.6) is 5.75 Å². The molecule has 3 heterocycles. The minimum atomic E-state index is -0.240. The number of benzene rings is 4. The zero-order valence-electron chi connectivity index (χ0n) is 26.0. The lowest BCUT2D eigenvalue weighted by Crippen LogP contribution is -2.57. The Morgan fingerprint density at radius 2 is 1.31 bits per heavy atom. The minimum Gasteiger partial charge on any atom is -0.486 e. The molecule has 2 aromatic heterocycles. The molecule has 0 amide bonds. The number of rotatable bonds is 4. The van der Waals surface area contributed by atoms with Crippen LogP contribution in [0.1, 0.15) is 36.6 Å². The largest absolute Gasteiger partial charge is 0.486 e. The number of pyridine rings is 1. The molecule has 8 rings (SSSR count). The number of fused-ring (bicyclic) bond motifs is 4. The van der Waals surface area contributed by atoms with Crippen LogP contribution in [-0.4, -0.2) is 21.7 Å². The van der Waals surface area contributed by atoms with Gasteiger partial charge >= 0.3 is 0 Å². The molecule has 2 aliphatic rings. The third-order valence-corrected chi connectivity index (χ3v) is 9.76. The molecule has 0 saturated heterocycles. The van der Waals surface area contributed by atoms with Crippen LogP contribution < -0.4 is 20.5 Å². The first-order valence-corrected chi connectivity index (χ1v) is 15.6. The van der Waals surface area contributed by atoms with Crippen molar-refractivity contribution in [1.82, 2.24) is 15.0 Å². The highest BCUT2D eigenvalue weighted by Gasteiger charge is 2.59. The van der Waals surface area contributed by atoms with Crippen LogP contribution >= 0.6 is 0 Å². The Morgan fingerprint density at radius 3 is 1.98 bits per heavy atom. The molecular weight excluding hydrogens is 551 g/mol. The highest BCUT2D eigenvalue weighted by Crippen LogP contribution is 2.59. The summed E-state index contributed by atoms with van der Waals surface area (Å²) in [5.74, 6) is 2.29. The molecule has 1 aliphatic carbocycles. The zero-order chi connectivity index (χ0) is 30.7. The molecule has 0 fully saturated rings. The van der Waals surface area contributed by atoms with Crippen molar-refractivity contribution in [2.24, 2.45) is 7.05 Å². The SMILES string of the molecule is Cc1ccccc1-c1c2c(cc[n+]1C)C(C)(C)C1B(c3nc(-c4ccccc4)nc(-c4ccccc4)n3)c3ccccc3OC21. The van der Waals surface area contributed by atoms with Crippen molar-refractivity contribution < 1.29 is 9.30 Å². The van der Waals surface area contributed by atoms with E-state index in [0.29, 0.717) is 11.6 Å². The van der Waals surface area contributed by atoms with E-state index in [1.807, 2.05) is 36.4 Å². The van der Waals surface area contributed by atoms with Gasteiger partial charge < -0.3 is 4.74 Å². The Morgan fingerprint density at radius 1 is 0.711 bits per heavy atom. The predicted octanol–water partition coefficient (Wildman–Crippen LogP) is 6.41. The van der Waals surface area contributed by atoms with Gasteiger partial charge in [0.2, 0.25) is 5.69 Å². The molecule has 5 nitrogen and oxygen atoms in total. The molecule has 218 valence electrons. The standard InChI is InChI=1S/C39H34BN4O/c1-25-15-11-12-20-28(25)33-32-29(23-24-44(33)4)39(2,3)35-34(32)45-31-22-14-13-21-30(31)40(35)38-42-36(26-16-7-5-8-17-26)41-37(43-38)27-18-9-6-10-19-27/h5-24,34-35H,1-4H3/q+1. The van der Waals surface area contributed by atoms with E-state index in [2.05, 4.69) is 117 Å². The summed E-state index contributed by atoms with van der Waals surface area (Å²) in [6.45, 7) is 6.79. The number of para-hydroxylation sites is 1. The summed E-state index contributed by atoms with van der Waals surface area (Å²) in [5, 5.41) is 0. The Bertz CT molecular complexity index is 2000. The van der Waals surface area contributed by atoms with Crippen LogP contribution in [0, 0.1) is 6.92 Å². The molecule has 45 heavy (non-hydrogen) atoms. The van der Waals surface area contributed by atoms with Crippen LogP contribution in [0.2, 0.25) is 5.82 Å². The smallest absolute Gasteiger partial charge is 0.270 e. The van der Waals surface area contributed by atoms with Gasteiger partial charge in [-0.3, -0.25) is 0 Å². The van der Waals surface area contributed by atoms with E-state index in [4.69, 9.17) is 19.7 Å². The fourth-order valence-corrected chi connectivity index (χ4v) is 7.59. The van der Waals surface area contributed by atoms with Crippen molar-refractivity contribution >= 4 is 17.9 Å². The highest BCUT2D eigenvalue weighted by atomic mass is 16.5. The number of ether oxygens (including phenoxy) is 1. The van der Waals surface area contributed by atoms with Gasteiger partial charge in [-0.15, -0.1) is 0 Å². The average Bonchev–Trinajstić information content (AvgIpc) is 3.30. The second kappa shape index (κ2) is 10.5. The molecule has 6 heteroatoms. The third-order valence-electron chi connectivity index (χ3n) is 9.76. The molecule has 0 bridgehead atoms. The van der Waals surface area contributed by atoms with Gasteiger partial charge in [-0.25, -0.2) is 19.5 Å².